The number of hydrogen-bond acceptors (Lipinski definition) is 5. The van der Waals surface area contributed by atoms with Crippen LogP contribution < -0.4 is 0 Å². The summed E-state index contributed by atoms with van der Waals surface area (Å²) in [4.78, 5) is 0. The summed E-state index contributed by atoms with van der Waals surface area (Å²) < 4.78 is 29.5. The molecule has 1 N–H and O–H groups in total. The molecule has 1 atom stereocenters. The summed E-state index contributed by atoms with van der Waals surface area (Å²) >= 11 is 17.7. The van der Waals surface area contributed by atoms with Gasteiger partial charge in [-0.3, -0.25) is 14.3 Å². The molecule has 3 aromatic rings. The number of sulfonamides is 1. The molecule has 3 heterocycles. The van der Waals surface area contributed by atoms with Gasteiger partial charge >= 0.3 is 0 Å². The summed E-state index contributed by atoms with van der Waals surface area (Å²) in [6.45, 7) is 1.38. The molecule has 4 rings (SSSR count). The van der Waals surface area contributed by atoms with E-state index in [9.17, 15) is 8.42 Å². The van der Waals surface area contributed by atoms with Crippen molar-refractivity contribution in [1.29, 1.82) is 0 Å². The quantitative estimate of drug-likeness (QED) is 0.556. The van der Waals surface area contributed by atoms with Gasteiger partial charge in [-0.15, -0.1) is 0 Å². The summed E-state index contributed by atoms with van der Waals surface area (Å²) in [5.41, 5.74) is 1.65. The standard InChI is InChI=1S/C18H20Cl2N6O2S2/c1-30(27,28)25-6-2-3-13(10-25)17-22-23-18(29)26(17)15-8-21-24(11-15)9-12-4-5-14(19)7-16(12)20/h4-5,7-8,11,13H,2-3,6,9-10H2,1H3,(H,23,29). The molecule has 160 valence electrons. The lowest BCUT2D eigenvalue weighted by molar-refractivity contribution is 0.309. The Morgan fingerprint density at radius 3 is 2.87 bits per heavy atom. The van der Waals surface area contributed by atoms with Gasteiger partial charge in [0.2, 0.25) is 10.0 Å². The van der Waals surface area contributed by atoms with Crippen LogP contribution in [0, 0.1) is 4.77 Å². The first-order valence-corrected chi connectivity index (χ1v) is 12.3. The minimum absolute atomic E-state index is 0.0597. The van der Waals surface area contributed by atoms with E-state index in [1.807, 2.05) is 16.8 Å². The second-order valence-corrected chi connectivity index (χ2v) is 10.5. The Kier molecular flexibility index (Phi) is 6.04. The average Bonchev–Trinajstić information content (AvgIpc) is 3.29. The van der Waals surface area contributed by atoms with E-state index in [0.717, 1.165) is 24.1 Å². The molecule has 1 aliphatic rings. The van der Waals surface area contributed by atoms with E-state index in [-0.39, 0.29) is 5.92 Å². The van der Waals surface area contributed by atoms with Gasteiger partial charge in [0.1, 0.15) is 5.82 Å². The van der Waals surface area contributed by atoms with Crippen molar-refractivity contribution in [2.45, 2.75) is 25.3 Å². The molecule has 2 aromatic heterocycles. The normalized spacial score (nSPS) is 18.0. The number of rotatable bonds is 5. The van der Waals surface area contributed by atoms with Crippen LogP contribution in [0.1, 0.15) is 30.1 Å². The van der Waals surface area contributed by atoms with Gasteiger partial charge in [-0.05, 0) is 42.8 Å². The van der Waals surface area contributed by atoms with Crippen LogP contribution in [0.15, 0.2) is 30.6 Å². The van der Waals surface area contributed by atoms with Crippen LogP contribution in [0.4, 0.5) is 0 Å². The zero-order chi connectivity index (χ0) is 21.5. The molecule has 12 heteroatoms. The largest absolute Gasteiger partial charge is 0.269 e. The van der Waals surface area contributed by atoms with E-state index < -0.39 is 10.0 Å². The molecular formula is C18H20Cl2N6O2S2. The second kappa shape index (κ2) is 8.43. The van der Waals surface area contributed by atoms with Gasteiger partial charge in [0.15, 0.2) is 4.77 Å². The van der Waals surface area contributed by atoms with Gasteiger partial charge in [-0.2, -0.15) is 10.2 Å². The van der Waals surface area contributed by atoms with Crippen LogP contribution in [-0.4, -0.2) is 56.6 Å². The van der Waals surface area contributed by atoms with Gasteiger partial charge in [-0.1, -0.05) is 29.3 Å². The number of nitrogens with zero attached hydrogens (tertiary/aromatic N) is 5. The lowest BCUT2D eigenvalue weighted by Crippen LogP contribution is -2.39. The first-order chi connectivity index (χ1) is 14.2. The Morgan fingerprint density at radius 2 is 2.13 bits per heavy atom. The number of piperidine rings is 1. The third kappa shape index (κ3) is 4.47. The molecule has 0 amide bonds. The van der Waals surface area contributed by atoms with Crippen molar-refractivity contribution in [2.75, 3.05) is 19.3 Å². The molecule has 1 saturated heterocycles. The lowest BCUT2D eigenvalue weighted by atomic mass is 9.99. The molecule has 30 heavy (non-hydrogen) atoms. The molecule has 1 aliphatic heterocycles. The Hall–Kier alpha value is -1.72. The maximum atomic E-state index is 12.0. The van der Waals surface area contributed by atoms with Crippen molar-refractivity contribution in [3.63, 3.8) is 0 Å². The molecule has 0 aliphatic carbocycles. The van der Waals surface area contributed by atoms with E-state index in [0.29, 0.717) is 40.3 Å². The fraction of sp³-hybridized carbons (Fsp3) is 0.389. The number of hydrogen-bond donors (Lipinski definition) is 1. The second-order valence-electron chi connectivity index (χ2n) is 7.31. The van der Waals surface area contributed by atoms with Crippen LogP contribution in [0.2, 0.25) is 10.0 Å². The highest BCUT2D eigenvalue weighted by atomic mass is 35.5. The fourth-order valence-electron chi connectivity index (χ4n) is 3.67. The molecule has 8 nitrogen and oxygen atoms in total. The predicted molar refractivity (Wildman–Crippen MR) is 118 cm³/mol. The third-order valence-electron chi connectivity index (χ3n) is 5.14. The minimum atomic E-state index is -3.25. The number of aromatic amines is 1. The van der Waals surface area contributed by atoms with E-state index in [4.69, 9.17) is 35.4 Å². The summed E-state index contributed by atoms with van der Waals surface area (Å²) in [5, 5.41) is 12.8. The molecular weight excluding hydrogens is 467 g/mol. The van der Waals surface area contributed by atoms with Gasteiger partial charge in [-0.25, -0.2) is 12.7 Å². The van der Waals surface area contributed by atoms with Crippen molar-refractivity contribution in [1.82, 2.24) is 28.9 Å². The highest BCUT2D eigenvalue weighted by Crippen LogP contribution is 2.29. The van der Waals surface area contributed by atoms with Crippen LogP contribution in [0.3, 0.4) is 0 Å². The molecule has 0 saturated carbocycles. The van der Waals surface area contributed by atoms with Gasteiger partial charge < -0.3 is 0 Å². The lowest BCUT2D eigenvalue weighted by Gasteiger charge is -2.30. The van der Waals surface area contributed by atoms with Crippen molar-refractivity contribution in [2.24, 2.45) is 0 Å². The number of nitrogens with one attached hydrogen (secondary N) is 1. The maximum absolute atomic E-state index is 12.0. The molecule has 1 aromatic carbocycles. The first kappa shape index (κ1) is 21.5. The van der Waals surface area contributed by atoms with Crippen molar-refractivity contribution >= 4 is 45.4 Å². The highest BCUT2D eigenvalue weighted by Gasteiger charge is 2.30. The van der Waals surface area contributed by atoms with E-state index in [1.54, 1.807) is 23.0 Å². The molecule has 1 fully saturated rings. The van der Waals surface area contributed by atoms with E-state index in [1.165, 1.54) is 10.6 Å². The van der Waals surface area contributed by atoms with Crippen molar-refractivity contribution < 1.29 is 8.42 Å². The van der Waals surface area contributed by atoms with Crippen LogP contribution in [0.5, 0.6) is 0 Å². The summed E-state index contributed by atoms with van der Waals surface area (Å²) in [6, 6.07) is 5.35. The smallest absolute Gasteiger partial charge is 0.211 e. The third-order valence-corrected chi connectivity index (χ3v) is 7.27. The number of H-pyrrole nitrogens is 1. The maximum Gasteiger partial charge on any atom is 0.211 e. The summed E-state index contributed by atoms with van der Waals surface area (Å²) in [6.07, 6.45) is 6.40. The van der Waals surface area contributed by atoms with Gasteiger partial charge in [0, 0.05) is 35.2 Å². The monoisotopic (exact) mass is 486 g/mol. The molecule has 0 spiro atoms. The SMILES string of the molecule is CS(=O)(=O)N1CCCC(c2n[nH]c(=S)n2-c2cnn(Cc3ccc(Cl)cc3Cl)c2)C1. The minimum Gasteiger partial charge on any atom is -0.269 e. The topological polar surface area (TPSA) is 88.8 Å². The highest BCUT2D eigenvalue weighted by molar-refractivity contribution is 7.88. The zero-order valence-electron chi connectivity index (χ0n) is 16.1. The van der Waals surface area contributed by atoms with Crippen molar-refractivity contribution in [3.05, 3.63) is 56.8 Å². The molecule has 0 radical (unpaired) electrons. The van der Waals surface area contributed by atoms with E-state index >= 15 is 0 Å². The molecule has 0 bridgehead atoms. The summed E-state index contributed by atoms with van der Waals surface area (Å²) in [5.74, 6) is 0.646. The Labute approximate surface area is 189 Å². The van der Waals surface area contributed by atoms with Gasteiger partial charge in [0.05, 0.1) is 24.7 Å². The molecule has 1 unspecified atom stereocenters. The van der Waals surface area contributed by atoms with Crippen LogP contribution >= 0.6 is 35.4 Å². The number of aromatic nitrogens is 5. The number of benzene rings is 1. The first-order valence-electron chi connectivity index (χ1n) is 9.31. The zero-order valence-corrected chi connectivity index (χ0v) is 19.3. The van der Waals surface area contributed by atoms with Crippen LogP contribution in [0.25, 0.3) is 5.69 Å². The fourth-order valence-corrected chi connectivity index (χ4v) is 5.29. The Balaban J connectivity index is 1.62. The Bertz CT molecular complexity index is 1230. The van der Waals surface area contributed by atoms with Crippen LogP contribution in [-0.2, 0) is 16.6 Å². The summed E-state index contributed by atoms with van der Waals surface area (Å²) in [7, 11) is -3.25. The van der Waals surface area contributed by atoms with Gasteiger partial charge in [0.25, 0.3) is 0 Å². The van der Waals surface area contributed by atoms with Crippen molar-refractivity contribution in [3.8, 4) is 5.69 Å². The van der Waals surface area contributed by atoms with E-state index in [2.05, 4.69) is 15.3 Å². The average molecular weight is 487 g/mol. The number of halogens is 2. The Morgan fingerprint density at radius 1 is 1.33 bits per heavy atom. The predicted octanol–water partition coefficient (Wildman–Crippen LogP) is 3.62.